The van der Waals surface area contributed by atoms with Gasteiger partial charge in [0.2, 0.25) is 0 Å². The SMILES string of the molecule is CCOC(=O)C(CC)S(=O)(=O)C1CCCCC1. The quantitative estimate of drug-likeness (QED) is 0.712. The van der Waals surface area contributed by atoms with Gasteiger partial charge in [-0.2, -0.15) is 0 Å². The Hall–Kier alpha value is -0.580. The molecule has 0 radical (unpaired) electrons. The molecule has 0 bridgehead atoms. The Kier molecular flexibility index (Phi) is 5.43. The fourth-order valence-corrected chi connectivity index (χ4v) is 4.65. The monoisotopic (exact) mass is 262 g/mol. The number of esters is 1. The highest BCUT2D eigenvalue weighted by Crippen LogP contribution is 2.27. The largest absolute Gasteiger partial charge is 0.465 e. The van der Waals surface area contributed by atoms with Crippen LogP contribution in [0.1, 0.15) is 52.4 Å². The molecule has 0 aromatic carbocycles. The lowest BCUT2D eigenvalue weighted by atomic mass is 10.0. The molecular formula is C12H22O4S. The van der Waals surface area contributed by atoms with Crippen molar-refractivity contribution in [3.8, 4) is 0 Å². The van der Waals surface area contributed by atoms with Crippen LogP contribution in [0.4, 0.5) is 0 Å². The van der Waals surface area contributed by atoms with Crippen molar-refractivity contribution in [2.75, 3.05) is 6.61 Å². The van der Waals surface area contributed by atoms with E-state index in [4.69, 9.17) is 4.74 Å². The van der Waals surface area contributed by atoms with Gasteiger partial charge in [0, 0.05) is 0 Å². The summed E-state index contributed by atoms with van der Waals surface area (Å²) in [5.74, 6) is -0.583. The molecule has 4 nitrogen and oxygen atoms in total. The Morgan fingerprint density at radius 1 is 1.24 bits per heavy atom. The average molecular weight is 262 g/mol. The smallest absolute Gasteiger partial charge is 0.324 e. The van der Waals surface area contributed by atoms with Crippen molar-refractivity contribution in [1.29, 1.82) is 0 Å². The summed E-state index contributed by atoms with van der Waals surface area (Å²) in [7, 11) is -3.37. The zero-order chi connectivity index (χ0) is 12.9. The highest BCUT2D eigenvalue weighted by Gasteiger charge is 2.38. The van der Waals surface area contributed by atoms with Crippen LogP contribution >= 0.6 is 0 Å². The van der Waals surface area contributed by atoms with Crippen molar-refractivity contribution in [3.63, 3.8) is 0 Å². The molecule has 1 unspecified atom stereocenters. The molecule has 0 aromatic heterocycles. The number of sulfone groups is 1. The summed E-state index contributed by atoms with van der Waals surface area (Å²) < 4.78 is 29.5. The van der Waals surface area contributed by atoms with Crippen LogP contribution in [0.25, 0.3) is 0 Å². The maximum absolute atomic E-state index is 12.3. The van der Waals surface area contributed by atoms with Gasteiger partial charge in [-0.25, -0.2) is 8.42 Å². The van der Waals surface area contributed by atoms with E-state index in [1.807, 2.05) is 0 Å². The van der Waals surface area contributed by atoms with Crippen LogP contribution in [0.5, 0.6) is 0 Å². The van der Waals surface area contributed by atoms with Gasteiger partial charge >= 0.3 is 5.97 Å². The predicted octanol–water partition coefficient (Wildman–Crippen LogP) is 2.08. The third kappa shape index (κ3) is 3.44. The van der Waals surface area contributed by atoms with E-state index in [0.29, 0.717) is 19.3 Å². The number of hydrogen-bond acceptors (Lipinski definition) is 4. The molecule has 0 amide bonds. The second-order valence-electron chi connectivity index (χ2n) is 4.50. The van der Waals surface area contributed by atoms with E-state index < -0.39 is 21.1 Å². The molecule has 17 heavy (non-hydrogen) atoms. The summed E-state index contributed by atoms with van der Waals surface area (Å²) >= 11 is 0. The van der Waals surface area contributed by atoms with E-state index in [1.54, 1.807) is 13.8 Å². The van der Waals surface area contributed by atoms with Gasteiger partial charge in [-0.15, -0.1) is 0 Å². The maximum Gasteiger partial charge on any atom is 0.324 e. The van der Waals surface area contributed by atoms with Crippen molar-refractivity contribution in [2.45, 2.75) is 62.9 Å². The lowest BCUT2D eigenvalue weighted by Gasteiger charge is -2.25. The minimum absolute atomic E-state index is 0.232. The van der Waals surface area contributed by atoms with Crippen LogP contribution < -0.4 is 0 Å². The minimum Gasteiger partial charge on any atom is -0.465 e. The highest BCUT2D eigenvalue weighted by atomic mass is 32.2. The zero-order valence-electron chi connectivity index (χ0n) is 10.6. The number of carbonyl (C=O) groups excluding carboxylic acids is 1. The third-order valence-corrected chi connectivity index (χ3v) is 6.05. The second kappa shape index (κ2) is 6.38. The molecule has 1 aliphatic rings. The van der Waals surface area contributed by atoms with E-state index >= 15 is 0 Å². The lowest BCUT2D eigenvalue weighted by molar-refractivity contribution is -0.142. The molecule has 1 atom stereocenters. The molecule has 1 fully saturated rings. The summed E-state index contributed by atoms with van der Waals surface area (Å²) in [5, 5.41) is -1.31. The summed E-state index contributed by atoms with van der Waals surface area (Å²) in [6.45, 7) is 3.65. The second-order valence-corrected chi connectivity index (χ2v) is 6.91. The fraction of sp³-hybridized carbons (Fsp3) is 0.917. The number of rotatable bonds is 5. The van der Waals surface area contributed by atoms with Crippen molar-refractivity contribution in [2.24, 2.45) is 0 Å². The first-order chi connectivity index (χ1) is 8.04. The van der Waals surface area contributed by atoms with Gasteiger partial charge in [-0.1, -0.05) is 26.2 Å². The first kappa shape index (κ1) is 14.5. The van der Waals surface area contributed by atoms with Crippen molar-refractivity contribution in [3.05, 3.63) is 0 Å². The minimum atomic E-state index is -3.37. The molecule has 0 spiro atoms. The molecular weight excluding hydrogens is 240 g/mol. The van der Waals surface area contributed by atoms with Crippen molar-refractivity contribution in [1.82, 2.24) is 0 Å². The average Bonchev–Trinajstić information content (AvgIpc) is 2.31. The third-order valence-electron chi connectivity index (χ3n) is 3.33. The Balaban J connectivity index is 2.81. The predicted molar refractivity (Wildman–Crippen MR) is 66.5 cm³/mol. The van der Waals surface area contributed by atoms with Crippen LogP contribution in [0.15, 0.2) is 0 Å². The van der Waals surface area contributed by atoms with E-state index in [0.717, 1.165) is 19.3 Å². The van der Waals surface area contributed by atoms with Gasteiger partial charge in [0.1, 0.15) is 0 Å². The summed E-state index contributed by atoms with van der Waals surface area (Å²) in [4.78, 5) is 11.7. The van der Waals surface area contributed by atoms with Gasteiger partial charge in [0.15, 0.2) is 15.1 Å². The Morgan fingerprint density at radius 3 is 2.29 bits per heavy atom. The van der Waals surface area contributed by atoms with Gasteiger partial charge < -0.3 is 4.74 Å². The molecule has 0 heterocycles. The van der Waals surface area contributed by atoms with E-state index in [2.05, 4.69) is 0 Å². The molecule has 5 heteroatoms. The van der Waals surface area contributed by atoms with E-state index in [-0.39, 0.29) is 11.9 Å². The maximum atomic E-state index is 12.3. The zero-order valence-corrected chi connectivity index (χ0v) is 11.5. The normalized spacial score (nSPS) is 19.9. The first-order valence-electron chi connectivity index (χ1n) is 6.43. The number of hydrogen-bond donors (Lipinski definition) is 0. The van der Waals surface area contributed by atoms with Gasteiger partial charge in [0.25, 0.3) is 0 Å². The first-order valence-corrected chi connectivity index (χ1v) is 8.04. The lowest BCUT2D eigenvalue weighted by Crippen LogP contribution is -2.39. The standard InChI is InChI=1S/C12H22O4S/c1-3-11(12(13)16-4-2)17(14,15)10-8-6-5-7-9-10/h10-11H,3-9H2,1-2H3. The molecule has 0 saturated heterocycles. The van der Waals surface area contributed by atoms with Crippen molar-refractivity contribution >= 4 is 15.8 Å². The van der Waals surface area contributed by atoms with Crippen LogP contribution in [0, 0.1) is 0 Å². The summed E-state index contributed by atoms with van der Waals surface area (Å²) in [6.07, 6.45) is 4.68. The number of carbonyl (C=O) groups is 1. The molecule has 1 saturated carbocycles. The van der Waals surface area contributed by atoms with Gasteiger partial charge in [-0.05, 0) is 26.2 Å². The van der Waals surface area contributed by atoms with Crippen LogP contribution in [0.3, 0.4) is 0 Å². The Labute approximate surface area is 104 Å². The molecule has 1 rings (SSSR count). The van der Waals surface area contributed by atoms with E-state index in [9.17, 15) is 13.2 Å². The Morgan fingerprint density at radius 2 is 1.82 bits per heavy atom. The summed E-state index contributed by atoms with van der Waals surface area (Å²) in [5.41, 5.74) is 0. The highest BCUT2D eigenvalue weighted by molar-refractivity contribution is 7.93. The molecule has 0 aromatic rings. The molecule has 100 valence electrons. The molecule has 0 aliphatic heterocycles. The Bertz CT molecular complexity index is 342. The molecule has 0 N–H and O–H groups in total. The number of ether oxygens (including phenoxy) is 1. The topological polar surface area (TPSA) is 60.4 Å². The fourth-order valence-electron chi connectivity index (χ4n) is 2.39. The van der Waals surface area contributed by atoms with Crippen molar-refractivity contribution < 1.29 is 17.9 Å². The van der Waals surface area contributed by atoms with Crippen LogP contribution in [-0.4, -0.2) is 31.5 Å². The molecule has 1 aliphatic carbocycles. The van der Waals surface area contributed by atoms with Crippen LogP contribution in [0.2, 0.25) is 0 Å². The van der Waals surface area contributed by atoms with Gasteiger partial charge in [0.05, 0.1) is 11.9 Å². The van der Waals surface area contributed by atoms with E-state index in [1.165, 1.54) is 0 Å². The van der Waals surface area contributed by atoms with Crippen LogP contribution in [-0.2, 0) is 19.4 Å². The van der Waals surface area contributed by atoms with Gasteiger partial charge in [-0.3, -0.25) is 4.79 Å². The summed E-state index contributed by atoms with van der Waals surface area (Å²) in [6, 6.07) is 0.